The van der Waals surface area contributed by atoms with Crippen LogP contribution < -0.4 is 0 Å². The molecule has 3 aromatic heterocycles. The molecule has 0 fully saturated rings. The van der Waals surface area contributed by atoms with E-state index in [0.717, 1.165) is 44.3 Å². The van der Waals surface area contributed by atoms with Gasteiger partial charge in [0.1, 0.15) is 11.9 Å². The zero-order valence-corrected chi connectivity index (χ0v) is 39.5. The minimum absolute atomic E-state index is 0.205. The highest BCUT2D eigenvalue weighted by molar-refractivity contribution is 6.10. The Balaban J connectivity index is 0.960. The molecule has 2 aliphatic rings. The fraction of sp³-hybridized carbons (Fsp3) is 0.0597. The van der Waals surface area contributed by atoms with E-state index in [0.29, 0.717) is 5.71 Å². The summed E-state index contributed by atoms with van der Waals surface area (Å²) >= 11 is 0. The van der Waals surface area contributed by atoms with Crippen LogP contribution in [0.2, 0.25) is 0 Å². The van der Waals surface area contributed by atoms with Crippen LogP contribution in [-0.4, -0.2) is 15.0 Å². The molecule has 0 spiro atoms. The molecule has 4 heteroatoms. The van der Waals surface area contributed by atoms with Gasteiger partial charge in [0, 0.05) is 34.5 Å². The minimum Gasteiger partial charge on any atom is -0.437 e. The molecule has 71 heavy (non-hydrogen) atoms. The SMILES string of the molecule is CC(C)(C)c1c(-c2ccc3c(c2)-c2ccccc2-c2ccccc2-c2cc(-c4cccc5c4oc4ncncc45)ccc2-3)cccc1-c1ccc2c(c1)-c1ccccc1-c1ccccc1-c1ncccc1-2. The average Bonchev–Trinajstić information content (AvgIpc) is 3.81. The maximum atomic E-state index is 6.44. The Bertz CT molecular complexity index is 4160. The van der Waals surface area contributed by atoms with E-state index in [1.807, 2.05) is 12.4 Å². The number of hydrogen-bond acceptors (Lipinski definition) is 4. The molecule has 0 radical (unpaired) electrons. The van der Waals surface area contributed by atoms with E-state index in [-0.39, 0.29) is 5.41 Å². The van der Waals surface area contributed by atoms with Crippen LogP contribution >= 0.6 is 0 Å². The van der Waals surface area contributed by atoms with Gasteiger partial charge in [-0.05, 0) is 135 Å². The summed E-state index contributed by atoms with van der Waals surface area (Å²) in [6.45, 7) is 7.05. The third-order valence-corrected chi connectivity index (χ3v) is 14.8. The first-order chi connectivity index (χ1) is 34.9. The van der Waals surface area contributed by atoms with Crippen molar-refractivity contribution < 1.29 is 4.42 Å². The number of furan rings is 1. The van der Waals surface area contributed by atoms with Crippen LogP contribution in [0.4, 0.5) is 0 Å². The number of benzene rings is 9. The van der Waals surface area contributed by atoms with Gasteiger partial charge in [-0.25, -0.2) is 9.97 Å². The molecule has 0 saturated carbocycles. The average molecular weight is 908 g/mol. The number of para-hydroxylation sites is 1. The molecular weight excluding hydrogens is 863 g/mol. The molecule has 4 nitrogen and oxygen atoms in total. The van der Waals surface area contributed by atoms with E-state index in [2.05, 4.69) is 231 Å². The Morgan fingerprint density at radius 2 is 0.746 bits per heavy atom. The monoisotopic (exact) mass is 907 g/mol. The largest absolute Gasteiger partial charge is 0.437 e. The van der Waals surface area contributed by atoms with Gasteiger partial charge < -0.3 is 4.42 Å². The Kier molecular flexibility index (Phi) is 9.12. The van der Waals surface area contributed by atoms with Gasteiger partial charge in [-0.1, -0.05) is 197 Å². The first-order valence-electron chi connectivity index (χ1n) is 24.4. The van der Waals surface area contributed by atoms with Crippen molar-refractivity contribution in [3.63, 3.8) is 0 Å². The topological polar surface area (TPSA) is 51.8 Å². The summed E-state index contributed by atoms with van der Waals surface area (Å²) in [7, 11) is 0. The van der Waals surface area contributed by atoms with Crippen molar-refractivity contribution in [2.75, 3.05) is 0 Å². The lowest BCUT2D eigenvalue weighted by molar-refractivity contribution is 0.593. The third kappa shape index (κ3) is 6.41. The van der Waals surface area contributed by atoms with Crippen LogP contribution in [0.1, 0.15) is 26.3 Å². The molecule has 2 aliphatic carbocycles. The van der Waals surface area contributed by atoms with Gasteiger partial charge in [0.05, 0.1) is 11.1 Å². The molecule has 12 aromatic rings. The van der Waals surface area contributed by atoms with Gasteiger partial charge in [0.2, 0.25) is 5.71 Å². The second-order valence-electron chi connectivity index (χ2n) is 19.9. The lowest BCUT2D eigenvalue weighted by Gasteiger charge is -2.29. The van der Waals surface area contributed by atoms with Crippen LogP contribution in [-0.2, 0) is 5.41 Å². The first-order valence-corrected chi connectivity index (χ1v) is 24.4. The van der Waals surface area contributed by atoms with E-state index in [9.17, 15) is 0 Å². The van der Waals surface area contributed by atoms with Crippen molar-refractivity contribution in [2.24, 2.45) is 0 Å². The maximum Gasteiger partial charge on any atom is 0.230 e. The lowest BCUT2D eigenvalue weighted by atomic mass is 9.75. The fourth-order valence-electron chi connectivity index (χ4n) is 11.7. The molecule has 0 N–H and O–H groups in total. The summed E-state index contributed by atoms with van der Waals surface area (Å²) < 4.78 is 6.44. The fourth-order valence-corrected chi connectivity index (χ4v) is 11.7. The molecule has 334 valence electrons. The highest BCUT2D eigenvalue weighted by Crippen LogP contribution is 2.52. The van der Waals surface area contributed by atoms with Crippen LogP contribution in [0.3, 0.4) is 0 Å². The van der Waals surface area contributed by atoms with Gasteiger partial charge >= 0.3 is 0 Å². The standard InChI is InChI=1S/C67H45N3O/c1-67(2,3)63-43(23-12-24-44(63)41-29-33-55-57-27-14-34-69-64(57)56-22-11-10-18-49(56)48-17-6-9-21-52(48)61(55)36-41)40-28-31-53-54-32-30-42(45-25-13-26-58-62-38-68-39-70-66(62)71-65(45)58)37-60(54)51-20-8-5-16-47(51)46-15-4-7-19-50(46)59(53)35-40/h4-39H,1-3H3. The second kappa shape index (κ2) is 15.8. The smallest absolute Gasteiger partial charge is 0.230 e. The Hall–Kier alpha value is -8.99. The van der Waals surface area contributed by atoms with Crippen LogP contribution in [0, 0.1) is 0 Å². The van der Waals surface area contributed by atoms with E-state index in [1.165, 1.54) is 100 Å². The Morgan fingerprint density at radius 3 is 1.28 bits per heavy atom. The van der Waals surface area contributed by atoms with Gasteiger partial charge in [-0.3, -0.25) is 4.98 Å². The van der Waals surface area contributed by atoms with Crippen LogP contribution in [0.15, 0.2) is 223 Å². The molecule has 0 aliphatic heterocycles. The number of rotatable bonds is 3. The lowest BCUT2D eigenvalue weighted by Crippen LogP contribution is -2.15. The number of fused-ring (bicyclic) bond motifs is 19. The van der Waals surface area contributed by atoms with Crippen LogP contribution in [0.25, 0.3) is 145 Å². The second-order valence-corrected chi connectivity index (χ2v) is 19.9. The summed E-state index contributed by atoms with van der Waals surface area (Å²) in [5, 5.41) is 1.92. The summed E-state index contributed by atoms with van der Waals surface area (Å²) in [6.07, 6.45) is 5.29. The van der Waals surface area contributed by atoms with E-state index >= 15 is 0 Å². The predicted molar refractivity (Wildman–Crippen MR) is 293 cm³/mol. The third-order valence-electron chi connectivity index (χ3n) is 14.8. The number of hydrogen-bond donors (Lipinski definition) is 0. The summed E-state index contributed by atoms with van der Waals surface area (Å²) in [5.74, 6) is 0. The number of pyridine rings is 1. The highest BCUT2D eigenvalue weighted by Gasteiger charge is 2.29. The highest BCUT2D eigenvalue weighted by atomic mass is 16.3. The number of nitrogens with zero attached hydrogens (tertiary/aromatic N) is 3. The van der Waals surface area contributed by atoms with Crippen molar-refractivity contribution in [2.45, 2.75) is 26.2 Å². The van der Waals surface area contributed by atoms with Gasteiger partial charge in [0.15, 0.2) is 0 Å². The normalized spacial score (nSPS) is 12.2. The zero-order chi connectivity index (χ0) is 47.4. The zero-order valence-electron chi connectivity index (χ0n) is 39.5. The molecule has 0 saturated heterocycles. The van der Waals surface area contributed by atoms with E-state index < -0.39 is 0 Å². The molecule has 0 amide bonds. The van der Waals surface area contributed by atoms with Gasteiger partial charge in [0.25, 0.3) is 0 Å². The van der Waals surface area contributed by atoms with E-state index in [4.69, 9.17) is 9.40 Å². The maximum absolute atomic E-state index is 6.44. The molecular formula is C67H45N3O. The molecule has 0 unspecified atom stereocenters. The Morgan fingerprint density at radius 1 is 0.338 bits per heavy atom. The quantitative estimate of drug-likeness (QED) is 0.177. The van der Waals surface area contributed by atoms with Crippen molar-refractivity contribution in [1.29, 1.82) is 0 Å². The van der Waals surface area contributed by atoms with Crippen molar-refractivity contribution in [1.82, 2.24) is 15.0 Å². The van der Waals surface area contributed by atoms with Crippen molar-refractivity contribution >= 4 is 22.1 Å². The summed E-state index contributed by atoms with van der Waals surface area (Å²) in [4.78, 5) is 13.8. The van der Waals surface area contributed by atoms with Gasteiger partial charge in [-0.2, -0.15) is 0 Å². The molecule has 0 atom stereocenters. The number of aromatic nitrogens is 3. The van der Waals surface area contributed by atoms with E-state index in [1.54, 1.807) is 6.33 Å². The molecule has 3 heterocycles. The minimum atomic E-state index is -0.205. The van der Waals surface area contributed by atoms with Crippen molar-refractivity contribution in [3.8, 4) is 123 Å². The predicted octanol–water partition coefficient (Wildman–Crippen LogP) is 18.0. The first kappa shape index (κ1) is 41.0. The van der Waals surface area contributed by atoms with Crippen LogP contribution in [0.5, 0.6) is 0 Å². The van der Waals surface area contributed by atoms with Crippen molar-refractivity contribution in [3.05, 3.63) is 224 Å². The molecule has 14 rings (SSSR count). The molecule has 9 aromatic carbocycles. The summed E-state index contributed by atoms with van der Waals surface area (Å²) in [6, 6.07) is 73.9. The summed E-state index contributed by atoms with van der Waals surface area (Å²) in [5.41, 5.74) is 28.3. The Labute approximate surface area is 412 Å². The molecule has 0 bridgehead atoms. The van der Waals surface area contributed by atoms with Gasteiger partial charge in [-0.15, -0.1) is 0 Å².